The molecular formula is C15H16ClN3O3. The third-order valence-electron chi connectivity index (χ3n) is 4.11. The zero-order valence-corrected chi connectivity index (χ0v) is 12.9. The molecule has 3 rings (SSSR count). The fourth-order valence-corrected chi connectivity index (χ4v) is 3.12. The van der Waals surface area contributed by atoms with Crippen LogP contribution in [0.15, 0.2) is 24.5 Å². The molecule has 2 aromatic rings. The zero-order valence-electron chi connectivity index (χ0n) is 12.1. The van der Waals surface area contributed by atoms with Crippen molar-refractivity contribution in [2.45, 2.75) is 6.42 Å². The Balaban J connectivity index is 1.98. The fourth-order valence-electron chi connectivity index (χ4n) is 2.95. The second kappa shape index (κ2) is 5.70. The average Bonchev–Trinajstić information content (AvgIpc) is 2.92. The summed E-state index contributed by atoms with van der Waals surface area (Å²) in [6.07, 6.45) is 2.00. The molecule has 1 fully saturated rings. The summed E-state index contributed by atoms with van der Waals surface area (Å²) in [4.78, 5) is 22.2. The van der Waals surface area contributed by atoms with Gasteiger partial charge in [-0.1, -0.05) is 11.6 Å². The number of benzene rings is 1. The van der Waals surface area contributed by atoms with Gasteiger partial charge in [-0.2, -0.15) is 0 Å². The van der Waals surface area contributed by atoms with Crippen LogP contribution in [0.2, 0.25) is 5.02 Å². The summed E-state index contributed by atoms with van der Waals surface area (Å²) in [5.41, 5.74) is -0.143. The summed E-state index contributed by atoms with van der Waals surface area (Å²) in [5.74, 6) is -0.0980. The first-order chi connectivity index (χ1) is 10.6. The maximum absolute atomic E-state index is 11.6. The molecule has 116 valence electrons. The van der Waals surface area contributed by atoms with Crippen molar-refractivity contribution in [2.75, 3.05) is 31.7 Å². The minimum atomic E-state index is -0.890. The Hall–Kier alpha value is -1.92. The normalized spacial score (nSPS) is 21.5. The second-order valence-electron chi connectivity index (χ2n) is 5.55. The van der Waals surface area contributed by atoms with E-state index in [0.29, 0.717) is 24.5 Å². The number of rotatable bonds is 4. The lowest BCUT2D eigenvalue weighted by Gasteiger charge is -2.24. The number of carboxylic acid groups (broad SMARTS) is 1. The lowest BCUT2D eigenvalue weighted by Crippen LogP contribution is -2.38. The number of aromatic nitrogens is 2. The summed E-state index contributed by atoms with van der Waals surface area (Å²) < 4.78 is 5.12. The summed E-state index contributed by atoms with van der Waals surface area (Å²) in [6.45, 7) is 1.17. The number of carboxylic acids is 1. The smallest absolute Gasteiger partial charge is 0.313 e. The van der Waals surface area contributed by atoms with Crippen molar-refractivity contribution in [3.05, 3.63) is 29.5 Å². The van der Waals surface area contributed by atoms with E-state index in [1.54, 1.807) is 12.1 Å². The van der Waals surface area contributed by atoms with E-state index in [-0.39, 0.29) is 6.61 Å². The predicted octanol–water partition coefficient (Wildman–Crippen LogP) is 2.21. The molecule has 1 aromatic heterocycles. The van der Waals surface area contributed by atoms with Crippen molar-refractivity contribution >= 4 is 34.3 Å². The molecule has 2 heterocycles. The van der Waals surface area contributed by atoms with Gasteiger partial charge in [0.15, 0.2) is 0 Å². The highest BCUT2D eigenvalue weighted by atomic mass is 35.5. The van der Waals surface area contributed by atoms with Gasteiger partial charge in [-0.25, -0.2) is 9.97 Å². The Morgan fingerprint density at radius 2 is 2.32 bits per heavy atom. The fraction of sp³-hybridized carbons (Fsp3) is 0.400. The van der Waals surface area contributed by atoms with Crippen molar-refractivity contribution in [1.29, 1.82) is 0 Å². The van der Waals surface area contributed by atoms with Crippen molar-refractivity contribution < 1.29 is 14.6 Å². The van der Waals surface area contributed by atoms with E-state index in [1.165, 1.54) is 13.4 Å². The SMILES string of the molecule is COCC1(C(=O)O)CCN(c2ncnc3cc(Cl)ccc23)C1. The van der Waals surface area contributed by atoms with E-state index in [0.717, 1.165) is 16.7 Å². The van der Waals surface area contributed by atoms with Crippen molar-refractivity contribution in [2.24, 2.45) is 5.41 Å². The maximum Gasteiger partial charge on any atom is 0.313 e. The number of hydrogen-bond donors (Lipinski definition) is 1. The number of nitrogens with zero attached hydrogens (tertiary/aromatic N) is 3. The van der Waals surface area contributed by atoms with E-state index >= 15 is 0 Å². The van der Waals surface area contributed by atoms with E-state index < -0.39 is 11.4 Å². The first-order valence-corrected chi connectivity index (χ1v) is 7.31. The molecule has 1 aliphatic heterocycles. The lowest BCUT2D eigenvalue weighted by atomic mass is 9.88. The quantitative estimate of drug-likeness (QED) is 0.930. The number of aliphatic carboxylic acids is 1. The van der Waals surface area contributed by atoms with Crippen LogP contribution >= 0.6 is 11.6 Å². The Morgan fingerprint density at radius 3 is 3.05 bits per heavy atom. The molecule has 7 heteroatoms. The third-order valence-corrected chi connectivity index (χ3v) is 4.34. The minimum absolute atomic E-state index is 0.188. The summed E-state index contributed by atoms with van der Waals surface area (Å²) in [7, 11) is 1.52. The van der Waals surface area contributed by atoms with Crippen LogP contribution in [0.1, 0.15) is 6.42 Å². The molecule has 1 N–H and O–H groups in total. The summed E-state index contributed by atoms with van der Waals surface area (Å²) in [6, 6.07) is 5.42. The minimum Gasteiger partial charge on any atom is -0.481 e. The Bertz CT molecular complexity index is 724. The van der Waals surface area contributed by atoms with Crippen LogP contribution in [0.4, 0.5) is 5.82 Å². The van der Waals surface area contributed by atoms with Gasteiger partial charge < -0.3 is 14.7 Å². The number of halogens is 1. The molecule has 22 heavy (non-hydrogen) atoms. The van der Waals surface area contributed by atoms with Gasteiger partial charge >= 0.3 is 5.97 Å². The van der Waals surface area contributed by atoms with Gasteiger partial charge in [0.25, 0.3) is 0 Å². The van der Waals surface area contributed by atoms with E-state index in [1.807, 2.05) is 11.0 Å². The predicted molar refractivity (Wildman–Crippen MR) is 83.3 cm³/mol. The van der Waals surface area contributed by atoms with Crippen LogP contribution in [0.3, 0.4) is 0 Å². The van der Waals surface area contributed by atoms with Crippen LogP contribution in [0, 0.1) is 5.41 Å². The maximum atomic E-state index is 11.6. The molecule has 1 saturated heterocycles. The van der Waals surface area contributed by atoms with Gasteiger partial charge in [0.2, 0.25) is 0 Å². The molecule has 1 aliphatic rings. The molecule has 0 amide bonds. The number of methoxy groups -OCH3 is 1. The average molecular weight is 322 g/mol. The Morgan fingerprint density at radius 1 is 1.50 bits per heavy atom. The highest BCUT2D eigenvalue weighted by Gasteiger charge is 2.45. The van der Waals surface area contributed by atoms with Crippen LogP contribution < -0.4 is 4.90 Å². The van der Waals surface area contributed by atoms with Gasteiger partial charge in [0.05, 0.1) is 12.1 Å². The van der Waals surface area contributed by atoms with Crippen molar-refractivity contribution in [3.8, 4) is 0 Å². The topological polar surface area (TPSA) is 75.6 Å². The second-order valence-corrected chi connectivity index (χ2v) is 5.99. The number of ether oxygens (including phenoxy) is 1. The first-order valence-electron chi connectivity index (χ1n) is 6.93. The van der Waals surface area contributed by atoms with E-state index in [4.69, 9.17) is 16.3 Å². The molecule has 0 bridgehead atoms. The van der Waals surface area contributed by atoms with Gasteiger partial charge in [0.1, 0.15) is 17.6 Å². The molecule has 0 radical (unpaired) electrons. The molecule has 1 atom stereocenters. The molecule has 0 saturated carbocycles. The summed E-state index contributed by atoms with van der Waals surface area (Å²) in [5, 5.41) is 11.0. The first kappa shape index (κ1) is 15.0. The highest BCUT2D eigenvalue weighted by Crippen LogP contribution is 2.36. The number of carbonyl (C=O) groups is 1. The molecule has 0 aliphatic carbocycles. The molecule has 1 unspecified atom stereocenters. The van der Waals surface area contributed by atoms with Gasteiger partial charge in [-0.05, 0) is 24.6 Å². The van der Waals surface area contributed by atoms with Crippen molar-refractivity contribution in [3.63, 3.8) is 0 Å². The highest BCUT2D eigenvalue weighted by molar-refractivity contribution is 6.31. The Labute approximate surface area is 132 Å². The van der Waals surface area contributed by atoms with Gasteiger partial charge in [-0.15, -0.1) is 0 Å². The third kappa shape index (κ3) is 2.48. The molecule has 6 nitrogen and oxygen atoms in total. The zero-order chi connectivity index (χ0) is 15.7. The van der Waals surface area contributed by atoms with E-state index in [2.05, 4.69) is 9.97 Å². The van der Waals surface area contributed by atoms with Crippen LogP contribution in [-0.2, 0) is 9.53 Å². The van der Waals surface area contributed by atoms with Crippen LogP contribution in [-0.4, -0.2) is 47.8 Å². The molecule has 1 aromatic carbocycles. The largest absolute Gasteiger partial charge is 0.481 e. The van der Waals surface area contributed by atoms with Crippen LogP contribution in [0.5, 0.6) is 0 Å². The lowest BCUT2D eigenvalue weighted by molar-refractivity contribution is -0.150. The standard InChI is InChI=1S/C15H16ClN3O3/c1-22-8-15(14(20)21)4-5-19(7-15)13-11-3-2-10(16)6-12(11)17-9-18-13/h2-3,6,9H,4-5,7-8H2,1H3,(H,20,21). The number of anilines is 1. The monoisotopic (exact) mass is 321 g/mol. The summed E-state index contributed by atoms with van der Waals surface area (Å²) >= 11 is 5.99. The Kier molecular flexibility index (Phi) is 3.88. The van der Waals surface area contributed by atoms with Gasteiger partial charge in [-0.3, -0.25) is 4.79 Å². The molecule has 0 spiro atoms. The van der Waals surface area contributed by atoms with Gasteiger partial charge in [0, 0.05) is 30.6 Å². The van der Waals surface area contributed by atoms with Crippen molar-refractivity contribution in [1.82, 2.24) is 9.97 Å². The number of fused-ring (bicyclic) bond motifs is 1. The number of hydrogen-bond acceptors (Lipinski definition) is 5. The molecular weight excluding hydrogens is 306 g/mol. The van der Waals surface area contributed by atoms with Crippen LogP contribution in [0.25, 0.3) is 10.9 Å². The van der Waals surface area contributed by atoms with E-state index in [9.17, 15) is 9.90 Å².